The molecule has 0 saturated heterocycles. The van der Waals surface area contributed by atoms with Gasteiger partial charge < -0.3 is 4.43 Å². The van der Waals surface area contributed by atoms with Crippen molar-refractivity contribution in [3.63, 3.8) is 0 Å². The van der Waals surface area contributed by atoms with Crippen molar-refractivity contribution in [2.75, 3.05) is 0 Å². The van der Waals surface area contributed by atoms with Crippen molar-refractivity contribution < 1.29 is 4.43 Å². The second-order valence-corrected chi connectivity index (χ2v) is 13.9. The Morgan fingerprint density at radius 3 is 2.03 bits per heavy atom. The zero-order chi connectivity index (χ0) is 21.8. The van der Waals surface area contributed by atoms with Crippen LogP contribution in [0.4, 0.5) is 0 Å². The Morgan fingerprint density at radius 1 is 0.806 bits per heavy atom. The van der Waals surface area contributed by atoms with Gasteiger partial charge in [0, 0.05) is 19.0 Å². The zero-order valence-corrected chi connectivity index (χ0v) is 20.1. The summed E-state index contributed by atoms with van der Waals surface area (Å²) < 4.78 is 6.58. The molecule has 4 rings (SSSR count). The molecule has 0 amide bonds. The van der Waals surface area contributed by atoms with Crippen LogP contribution >= 0.6 is 0 Å². The topological polar surface area (TPSA) is 12.5 Å². The minimum Gasteiger partial charge on any atom is -0.547 e. The van der Waals surface area contributed by atoms with Crippen molar-refractivity contribution in [2.24, 2.45) is 0 Å². The van der Waals surface area contributed by atoms with Crippen LogP contribution < -0.4 is 0 Å². The molecule has 3 aromatic carbocycles. The Bertz CT molecular complexity index is 1010. The maximum Gasteiger partial charge on any atom is 0.241 e. The summed E-state index contributed by atoms with van der Waals surface area (Å²) in [4.78, 5) is 2.63. The lowest BCUT2D eigenvalue weighted by Crippen LogP contribution is -2.37. The minimum atomic E-state index is -1.70. The summed E-state index contributed by atoms with van der Waals surface area (Å²) in [5, 5.41) is 0. The van der Waals surface area contributed by atoms with Gasteiger partial charge in [0.25, 0.3) is 0 Å². The van der Waals surface area contributed by atoms with Crippen LogP contribution in [-0.4, -0.2) is 13.2 Å². The number of aryl methyl sites for hydroxylation is 1. The monoisotopic (exact) mass is 427 g/mol. The first-order valence-electron chi connectivity index (χ1n) is 11.2. The lowest BCUT2D eigenvalue weighted by Gasteiger charge is -2.42. The average Bonchev–Trinajstić information content (AvgIpc) is 2.75. The van der Waals surface area contributed by atoms with Gasteiger partial charge in [0.1, 0.15) is 0 Å². The molecule has 0 bridgehead atoms. The van der Waals surface area contributed by atoms with Crippen molar-refractivity contribution in [3.8, 4) is 0 Å². The van der Waals surface area contributed by atoms with Crippen molar-refractivity contribution in [1.29, 1.82) is 0 Å². The Labute approximate surface area is 188 Å². The molecule has 0 spiro atoms. The van der Waals surface area contributed by atoms with E-state index in [9.17, 15) is 0 Å². The van der Waals surface area contributed by atoms with Gasteiger partial charge in [0.15, 0.2) is 0 Å². The highest BCUT2D eigenvalue weighted by atomic mass is 28.4. The van der Waals surface area contributed by atoms with Gasteiger partial charge in [-0.05, 0) is 49.3 Å². The molecule has 3 heteroatoms. The van der Waals surface area contributed by atoms with E-state index in [0.717, 1.165) is 18.7 Å². The van der Waals surface area contributed by atoms with Crippen molar-refractivity contribution in [3.05, 3.63) is 119 Å². The molecule has 1 aliphatic rings. The number of hydrogen-bond acceptors (Lipinski definition) is 2. The summed E-state index contributed by atoms with van der Waals surface area (Å²) in [7, 11) is -1.70. The molecule has 0 aromatic heterocycles. The third-order valence-electron chi connectivity index (χ3n) is 5.74. The maximum absolute atomic E-state index is 6.58. The molecule has 3 aromatic rings. The highest BCUT2D eigenvalue weighted by molar-refractivity contribution is 6.70. The largest absolute Gasteiger partial charge is 0.547 e. The first kappa shape index (κ1) is 21.6. The van der Waals surface area contributed by atoms with Gasteiger partial charge in [-0.1, -0.05) is 90.5 Å². The fourth-order valence-corrected chi connectivity index (χ4v) is 5.29. The first-order valence-corrected chi connectivity index (χ1v) is 14.6. The van der Waals surface area contributed by atoms with Crippen molar-refractivity contribution >= 4 is 8.32 Å². The number of nitrogens with zero attached hydrogens (tertiary/aromatic N) is 1. The van der Waals surface area contributed by atoms with E-state index in [4.69, 9.17) is 4.43 Å². The average molecular weight is 428 g/mol. The van der Waals surface area contributed by atoms with Crippen LogP contribution in [0.2, 0.25) is 19.6 Å². The quantitative estimate of drug-likeness (QED) is 0.380. The lowest BCUT2D eigenvalue weighted by molar-refractivity contribution is 0.119. The molecule has 0 aliphatic carbocycles. The Kier molecular flexibility index (Phi) is 6.45. The predicted octanol–water partition coefficient (Wildman–Crippen LogP) is 7.42. The van der Waals surface area contributed by atoms with E-state index in [0.29, 0.717) is 0 Å². The van der Waals surface area contributed by atoms with Gasteiger partial charge in [0.05, 0.1) is 11.8 Å². The van der Waals surface area contributed by atoms with Crippen LogP contribution in [0.3, 0.4) is 0 Å². The first-order chi connectivity index (χ1) is 14.9. The van der Waals surface area contributed by atoms with Gasteiger partial charge in [-0.3, -0.25) is 4.90 Å². The van der Waals surface area contributed by atoms with Gasteiger partial charge >= 0.3 is 0 Å². The lowest BCUT2D eigenvalue weighted by atomic mass is 9.90. The molecule has 0 saturated carbocycles. The summed E-state index contributed by atoms with van der Waals surface area (Å²) in [5.41, 5.74) is 5.30. The summed E-state index contributed by atoms with van der Waals surface area (Å²) in [5.74, 6) is 1.14. The molecular weight excluding hydrogens is 394 g/mol. The number of benzene rings is 3. The predicted molar refractivity (Wildman–Crippen MR) is 132 cm³/mol. The van der Waals surface area contributed by atoms with Crippen LogP contribution in [0.1, 0.15) is 40.8 Å². The van der Waals surface area contributed by atoms with Crippen LogP contribution in [0, 0.1) is 6.92 Å². The summed E-state index contributed by atoms with van der Waals surface area (Å²) >= 11 is 0. The Morgan fingerprint density at radius 2 is 1.42 bits per heavy atom. The van der Waals surface area contributed by atoms with E-state index in [2.05, 4.69) is 122 Å². The zero-order valence-electron chi connectivity index (χ0n) is 19.1. The maximum atomic E-state index is 6.58. The van der Waals surface area contributed by atoms with E-state index >= 15 is 0 Å². The standard InChI is InChI=1S/C28H33NOSi/c1-22-15-17-25(18-16-22)28-20-26(30-31(2,3)4)19-27(24-13-9-6-10-14-24)29(28)21-23-11-7-5-8-12-23/h5-19,27-28H,20-21H2,1-4H3/t27-,28-/m1/s1. The molecule has 160 valence electrons. The molecule has 0 unspecified atom stereocenters. The molecule has 31 heavy (non-hydrogen) atoms. The summed E-state index contributed by atoms with van der Waals surface area (Å²) in [6.07, 6.45) is 3.27. The van der Waals surface area contributed by atoms with E-state index in [-0.39, 0.29) is 12.1 Å². The molecule has 1 aliphatic heterocycles. The second-order valence-electron chi connectivity index (χ2n) is 9.49. The highest BCUT2D eigenvalue weighted by Crippen LogP contribution is 2.42. The van der Waals surface area contributed by atoms with Gasteiger partial charge in [-0.25, -0.2) is 0 Å². The van der Waals surface area contributed by atoms with Gasteiger partial charge in [0.2, 0.25) is 8.32 Å². The third kappa shape index (κ3) is 5.55. The fraction of sp³-hybridized carbons (Fsp3) is 0.286. The molecule has 0 fully saturated rings. The van der Waals surface area contributed by atoms with E-state index in [1.165, 1.54) is 22.3 Å². The van der Waals surface area contributed by atoms with E-state index < -0.39 is 8.32 Å². The SMILES string of the molecule is Cc1ccc([C@H]2CC(O[Si](C)(C)C)=C[C@H](c3ccccc3)N2Cc2ccccc2)cc1. The fourth-order valence-electron chi connectivity index (χ4n) is 4.35. The van der Waals surface area contributed by atoms with Crippen molar-refractivity contribution in [2.45, 2.75) is 51.6 Å². The smallest absolute Gasteiger partial charge is 0.241 e. The molecule has 2 nitrogen and oxygen atoms in total. The third-order valence-corrected chi connectivity index (χ3v) is 6.62. The molecule has 0 radical (unpaired) electrons. The molecular formula is C28H33NOSi. The Balaban J connectivity index is 1.79. The van der Waals surface area contributed by atoms with Crippen LogP contribution in [0.15, 0.2) is 96.8 Å². The molecule has 0 N–H and O–H groups in total. The Hall–Kier alpha value is -2.62. The number of hydrogen-bond donors (Lipinski definition) is 0. The van der Waals surface area contributed by atoms with Crippen LogP contribution in [-0.2, 0) is 11.0 Å². The summed E-state index contributed by atoms with van der Waals surface area (Å²) in [6.45, 7) is 9.85. The van der Waals surface area contributed by atoms with Crippen LogP contribution in [0.25, 0.3) is 0 Å². The number of rotatable bonds is 6. The van der Waals surface area contributed by atoms with Crippen LogP contribution in [0.5, 0.6) is 0 Å². The van der Waals surface area contributed by atoms with Gasteiger partial charge in [-0.15, -0.1) is 0 Å². The summed E-state index contributed by atoms with van der Waals surface area (Å²) in [6, 6.07) is 31.1. The minimum absolute atomic E-state index is 0.174. The van der Waals surface area contributed by atoms with Crippen molar-refractivity contribution in [1.82, 2.24) is 4.90 Å². The van der Waals surface area contributed by atoms with Gasteiger partial charge in [-0.2, -0.15) is 0 Å². The second kappa shape index (κ2) is 9.25. The highest BCUT2D eigenvalue weighted by Gasteiger charge is 2.34. The normalized spacial score (nSPS) is 19.7. The van der Waals surface area contributed by atoms with E-state index in [1.807, 2.05) is 0 Å². The van der Waals surface area contributed by atoms with E-state index in [1.54, 1.807) is 0 Å². The molecule has 2 atom stereocenters. The molecule has 1 heterocycles.